The molecule has 5 rings (SSSR count). The lowest BCUT2D eigenvalue weighted by Gasteiger charge is -2.34. The number of hydrogen-bond acceptors (Lipinski definition) is 4. The van der Waals surface area contributed by atoms with E-state index in [2.05, 4.69) is 27.5 Å². The Labute approximate surface area is 237 Å². The Morgan fingerprint density at radius 1 is 1.07 bits per heavy atom. The summed E-state index contributed by atoms with van der Waals surface area (Å²) < 4.78 is 53.7. The summed E-state index contributed by atoms with van der Waals surface area (Å²) in [6.07, 6.45) is -1.54. The largest absolute Gasteiger partial charge is 0.419 e. The highest BCUT2D eigenvalue weighted by atomic mass is 19.4. The molecular weight excluding hydrogens is 538 g/mol. The van der Waals surface area contributed by atoms with Gasteiger partial charge in [-0.1, -0.05) is 12.1 Å². The zero-order chi connectivity index (χ0) is 29.4. The van der Waals surface area contributed by atoms with Crippen LogP contribution in [0.2, 0.25) is 0 Å². The quantitative estimate of drug-likeness (QED) is 0.444. The van der Waals surface area contributed by atoms with Crippen LogP contribution in [-0.2, 0) is 11.6 Å². The molecule has 41 heavy (non-hydrogen) atoms. The zero-order valence-electron chi connectivity index (χ0n) is 23.4. The number of carbonyl (C=O) groups excluding carboxylic acids is 2. The van der Waals surface area contributed by atoms with Crippen molar-refractivity contribution >= 4 is 17.6 Å². The molecule has 2 N–H and O–H groups in total. The number of anilines is 1. The van der Waals surface area contributed by atoms with Gasteiger partial charge in [-0.2, -0.15) is 13.2 Å². The van der Waals surface area contributed by atoms with Crippen molar-refractivity contribution in [3.05, 3.63) is 65.0 Å². The Morgan fingerprint density at radius 3 is 2.41 bits per heavy atom. The van der Waals surface area contributed by atoms with Crippen LogP contribution in [0.25, 0.3) is 0 Å². The molecular formula is C30H37F4N5O2. The Bertz CT molecular complexity index is 1260. The van der Waals surface area contributed by atoms with E-state index in [0.29, 0.717) is 18.2 Å². The molecule has 0 bridgehead atoms. The average molecular weight is 576 g/mol. The summed E-state index contributed by atoms with van der Waals surface area (Å²) in [7, 11) is 3.68. The van der Waals surface area contributed by atoms with Crippen LogP contribution in [0.1, 0.15) is 47.2 Å². The number of fused-ring (bicyclic) bond motifs is 1. The molecule has 1 saturated heterocycles. The van der Waals surface area contributed by atoms with Gasteiger partial charge in [-0.3, -0.25) is 4.79 Å². The van der Waals surface area contributed by atoms with E-state index in [-0.39, 0.29) is 29.0 Å². The number of carbonyl (C=O) groups is 2. The Morgan fingerprint density at radius 2 is 1.78 bits per heavy atom. The van der Waals surface area contributed by atoms with Gasteiger partial charge in [0.15, 0.2) is 0 Å². The van der Waals surface area contributed by atoms with Crippen molar-refractivity contribution in [1.82, 2.24) is 20.0 Å². The van der Waals surface area contributed by atoms with Crippen LogP contribution in [0.5, 0.6) is 0 Å². The van der Waals surface area contributed by atoms with Gasteiger partial charge in [0.1, 0.15) is 5.82 Å². The third-order valence-corrected chi connectivity index (χ3v) is 9.09. The average Bonchev–Trinajstić information content (AvgIpc) is 3.58. The second-order valence-electron chi connectivity index (χ2n) is 11.5. The first-order valence-electron chi connectivity index (χ1n) is 14.2. The van der Waals surface area contributed by atoms with E-state index < -0.39 is 23.6 Å². The lowest BCUT2D eigenvalue weighted by Crippen LogP contribution is -2.47. The van der Waals surface area contributed by atoms with Crippen LogP contribution in [0.4, 0.5) is 28.0 Å². The normalized spacial score (nSPS) is 24.5. The van der Waals surface area contributed by atoms with Crippen LogP contribution in [-0.4, -0.2) is 86.0 Å². The second kappa shape index (κ2) is 11.6. The van der Waals surface area contributed by atoms with Crippen molar-refractivity contribution in [1.29, 1.82) is 0 Å². The summed E-state index contributed by atoms with van der Waals surface area (Å²) >= 11 is 0. The molecule has 0 unspecified atom stereocenters. The molecule has 2 aromatic carbocycles. The van der Waals surface area contributed by atoms with Crippen molar-refractivity contribution in [3.63, 3.8) is 0 Å². The van der Waals surface area contributed by atoms with Crippen LogP contribution in [0.15, 0.2) is 42.5 Å². The fraction of sp³-hybridized carbons (Fsp3) is 0.533. The molecule has 3 amide bonds. The molecule has 222 valence electrons. The first-order valence-corrected chi connectivity index (χ1v) is 14.2. The lowest BCUT2D eigenvalue weighted by atomic mass is 9.92. The maximum Gasteiger partial charge on any atom is 0.419 e. The van der Waals surface area contributed by atoms with Crippen LogP contribution < -0.4 is 10.6 Å². The summed E-state index contributed by atoms with van der Waals surface area (Å²) in [4.78, 5) is 32.0. The number of benzene rings is 2. The molecule has 2 aromatic rings. The van der Waals surface area contributed by atoms with Crippen LogP contribution in [0.3, 0.4) is 0 Å². The van der Waals surface area contributed by atoms with Gasteiger partial charge in [-0.15, -0.1) is 0 Å². The minimum Gasteiger partial charge on any atom is -0.355 e. The van der Waals surface area contributed by atoms with E-state index in [1.165, 1.54) is 0 Å². The topological polar surface area (TPSA) is 67.9 Å². The highest BCUT2D eigenvalue weighted by Crippen LogP contribution is 2.65. The minimum atomic E-state index is -4.86. The monoisotopic (exact) mass is 575 g/mol. The van der Waals surface area contributed by atoms with Gasteiger partial charge in [0.25, 0.3) is 5.91 Å². The molecule has 1 heterocycles. The first kappa shape index (κ1) is 29.3. The lowest BCUT2D eigenvalue weighted by molar-refractivity contribution is -0.139. The molecule has 3 fully saturated rings. The number of alkyl halides is 3. The van der Waals surface area contributed by atoms with Gasteiger partial charge in [0, 0.05) is 62.5 Å². The number of amides is 3. The van der Waals surface area contributed by atoms with E-state index in [1.54, 1.807) is 11.9 Å². The predicted molar refractivity (Wildman–Crippen MR) is 148 cm³/mol. The molecule has 2 aliphatic carbocycles. The number of rotatable bonds is 8. The number of piperazine rings is 1. The number of likely N-dealkylation sites (N-methyl/N-ethyl adjacent to an activating group) is 1. The third-order valence-electron chi connectivity index (χ3n) is 9.09. The zero-order valence-corrected chi connectivity index (χ0v) is 23.4. The van der Waals surface area contributed by atoms with Gasteiger partial charge < -0.3 is 25.3 Å². The summed E-state index contributed by atoms with van der Waals surface area (Å²) in [5.74, 6) is -1.30. The van der Waals surface area contributed by atoms with Gasteiger partial charge >= 0.3 is 12.2 Å². The fourth-order valence-electron chi connectivity index (χ4n) is 6.65. The van der Waals surface area contributed by atoms with Crippen molar-refractivity contribution in [2.75, 3.05) is 58.7 Å². The molecule has 11 heteroatoms. The number of hydrogen-bond donors (Lipinski definition) is 2. The van der Waals surface area contributed by atoms with E-state index in [4.69, 9.17) is 0 Å². The molecule has 7 nitrogen and oxygen atoms in total. The van der Waals surface area contributed by atoms with Crippen LogP contribution >= 0.6 is 0 Å². The number of halogens is 4. The third kappa shape index (κ3) is 6.21. The van der Waals surface area contributed by atoms with E-state index in [9.17, 15) is 27.2 Å². The minimum absolute atomic E-state index is 0.0661. The smallest absolute Gasteiger partial charge is 0.355 e. The van der Waals surface area contributed by atoms with E-state index in [1.807, 2.05) is 24.3 Å². The molecule has 0 aromatic heterocycles. The van der Waals surface area contributed by atoms with Crippen molar-refractivity contribution in [3.8, 4) is 0 Å². The number of nitrogens with one attached hydrogen (secondary N) is 2. The number of nitrogens with zero attached hydrogens (tertiary/aromatic N) is 3. The van der Waals surface area contributed by atoms with E-state index >= 15 is 0 Å². The maximum atomic E-state index is 13.9. The molecule has 3 atom stereocenters. The fourth-order valence-corrected chi connectivity index (χ4v) is 6.65. The van der Waals surface area contributed by atoms with E-state index in [0.717, 1.165) is 76.1 Å². The summed E-state index contributed by atoms with van der Waals surface area (Å²) in [5, 5.41) is 5.25. The molecule has 0 spiro atoms. The van der Waals surface area contributed by atoms with Gasteiger partial charge in [0.2, 0.25) is 0 Å². The summed E-state index contributed by atoms with van der Waals surface area (Å²) in [6, 6.07) is 9.63. The van der Waals surface area contributed by atoms with Gasteiger partial charge in [0.05, 0.1) is 5.56 Å². The molecule has 1 aliphatic heterocycles. The SMILES string of the molecule is CNC(=O)c1ccc([C@]23CC[C@@H](N(CCCN4CCN(C)CC4)C(=O)Nc4ccc(F)c(C(F)(F)F)c4)[C@H]2C3)cc1. The molecule has 0 radical (unpaired) electrons. The van der Waals surface area contributed by atoms with Crippen molar-refractivity contribution < 1.29 is 27.2 Å². The number of urea groups is 1. The molecule has 2 saturated carbocycles. The van der Waals surface area contributed by atoms with Gasteiger partial charge in [-0.25, -0.2) is 9.18 Å². The Hall–Kier alpha value is -3.18. The second-order valence-corrected chi connectivity index (χ2v) is 11.5. The summed E-state index contributed by atoms with van der Waals surface area (Å²) in [5.41, 5.74) is 0.170. The maximum absolute atomic E-state index is 13.9. The molecule has 3 aliphatic rings. The van der Waals surface area contributed by atoms with Crippen LogP contribution in [0, 0.1) is 11.7 Å². The Balaban J connectivity index is 1.31. The highest BCUT2D eigenvalue weighted by molar-refractivity contribution is 5.94. The predicted octanol–water partition coefficient (Wildman–Crippen LogP) is 4.80. The van der Waals surface area contributed by atoms with Crippen molar-refractivity contribution in [2.45, 2.75) is 43.3 Å². The summed E-state index contributed by atoms with van der Waals surface area (Å²) in [6.45, 7) is 5.19. The Kier molecular flexibility index (Phi) is 8.29. The standard InChI is InChI=1S/C30H37F4N5O2/c1-35-27(40)20-4-6-21(7-5-20)29-11-10-26(24(29)19-29)39(13-3-12-38-16-14-37(2)15-17-38)28(41)36-22-8-9-25(31)23(18-22)30(32,33)34/h4-9,18,24,26H,3,10-17,19H2,1-2H3,(H,35,40)(H,36,41)/t24-,26-,29-/m1/s1. The van der Waals surface area contributed by atoms with Crippen molar-refractivity contribution in [2.24, 2.45) is 5.92 Å². The highest BCUT2D eigenvalue weighted by Gasteiger charge is 2.64. The van der Waals surface area contributed by atoms with Gasteiger partial charge in [-0.05, 0) is 81.1 Å². The first-order chi connectivity index (χ1) is 19.5.